The number of hydrogen-bond acceptors (Lipinski definition) is 3. The molecule has 0 aliphatic rings. The fourth-order valence-electron chi connectivity index (χ4n) is 3.06. The van der Waals surface area contributed by atoms with Gasteiger partial charge in [-0.1, -0.05) is 36.4 Å². The van der Waals surface area contributed by atoms with Crippen molar-refractivity contribution in [3.8, 4) is 5.69 Å². The SMILES string of the molecule is O=C(/C=C/c1cccc2cccnc12)NCc1ccc(-n2ccc(C(F)(F)F)n2)cc1. The van der Waals surface area contributed by atoms with Crippen LogP contribution in [0.2, 0.25) is 0 Å². The van der Waals surface area contributed by atoms with Crippen LogP contribution in [0.3, 0.4) is 0 Å². The molecule has 2 aromatic carbocycles. The molecule has 8 heteroatoms. The van der Waals surface area contributed by atoms with Gasteiger partial charge in [0.05, 0.1) is 11.2 Å². The van der Waals surface area contributed by atoms with Crippen LogP contribution in [-0.4, -0.2) is 20.7 Å². The lowest BCUT2D eigenvalue weighted by Gasteiger charge is -2.06. The van der Waals surface area contributed by atoms with Crippen molar-refractivity contribution in [2.24, 2.45) is 0 Å². The quantitative estimate of drug-likeness (QED) is 0.472. The van der Waals surface area contributed by atoms with Crippen molar-refractivity contribution in [2.75, 3.05) is 0 Å². The second kappa shape index (κ2) is 8.43. The van der Waals surface area contributed by atoms with Gasteiger partial charge >= 0.3 is 6.18 Å². The van der Waals surface area contributed by atoms with E-state index in [0.717, 1.165) is 32.8 Å². The molecule has 1 amide bonds. The molecule has 0 saturated carbocycles. The summed E-state index contributed by atoms with van der Waals surface area (Å²) in [6, 6.07) is 17.2. The summed E-state index contributed by atoms with van der Waals surface area (Å²) >= 11 is 0. The Kier molecular flexibility index (Phi) is 5.53. The van der Waals surface area contributed by atoms with Crippen LogP contribution < -0.4 is 5.32 Å². The van der Waals surface area contributed by atoms with Gasteiger partial charge in [-0.25, -0.2) is 4.68 Å². The zero-order valence-corrected chi connectivity index (χ0v) is 16.2. The monoisotopic (exact) mass is 422 g/mol. The number of nitrogens with one attached hydrogen (secondary N) is 1. The van der Waals surface area contributed by atoms with Gasteiger partial charge < -0.3 is 5.32 Å². The average molecular weight is 422 g/mol. The third kappa shape index (κ3) is 4.80. The zero-order chi connectivity index (χ0) is 21.8. The van der Waals surface area contributed by atoms with E-state index < -0.39 is 11.9 Å². The fourth-order valence-corrected chi connectivity index (χ4v) is 3.06. The van der Waals surface area contributed by atoms with Crippen molar-refractivity contribution in [3.05, 3.63) is 96.0 Å². The summed E-state index contributed by atoms with van der Waals surface area (Å²) in [5, 5.41) is 7.31. The number of amides is 1. The Morgan fingerprint density at radius 1 is 1.03 bits per heavy atom. The number of alkyl halides is 3. The molecular weight excluding hydrogens is 405 g/mol. The van der Waals surface area contributed by atoms with Gasteiger partial charge in [-0.2, -0.15) is 18.3 Å². The zero-order valence-electron chi connectivity index (χ0n) is 16.2. The Balaban J connectivity index is 1.37. The fraction of sp³-hybridized carbons (Fsp3) is 0.0870. The van der Waals surface area contributed by atoms with Gasteiger partial charge in [0.25, 0.3) is 0 Å². The minimum Gasteiger partial charge on any atom is -0.348 e. The molecule has 0 aliphatic heterocycles. The topological polar surface area (TPSA) is 59.8 Å². The normalized spacial score (nSPS) is 11.8. The van der Waals surface area contributed by atoms with Gasteiger partial charge in [0.15, 0.2) is 5.69 Å². The molecule has 0 saturated heterocycles. The third-order valence-corrected chi connectivity index (χ3v) is 4.63. The molecule has 156 valence electrons. The first kappa shape index (κ1) is 20.3. The number of rotatable bonds is 5. The van der Waals surface area contributed by atoms with Gasteiger partial charge in [0, 0.05) is 36.0 Å². The van der Waals surface area contributed by atoms with Crippen LogP contribution in [0.1, 0.15) is 16.8 Å². The summed E-state index contributed by atoms with van der Waals surface area (Å²) in [6.07, 6.45) is 1.64. The molecule has 2 aromatic heterocycles. The highest BCUT2D eigenvalue weighted by Gasteiger charge is 2.33. The van der Waals surface area contributed by atoms with Gasteiger partial charge in [0.2, 0.25) is 5.91 Å². The van der Waals surface area contributed by atoms with Crippen molar-refractivity contribution in [3.63, 3.8) is 0 Å². The lowest BCUT2D eigenvalue weighted by molar-refractivity contribution is -0.141. The number of pyridine rings is 1. The lowest BCUT2D eigenvalue weighted by Crippen LogP contribution is -2.20. The first-order chi connectivity index (χ1) is 14.9. The van der Waals surface area contributed by atoms with Crippen molar-refractivity contribution < 1.29 is 18.0 Å². The molecule has 0 radical (unpaired) electrons. The highest BCUT2D eigenvalue weighted by atomic mass is 19.4. The van der Waals surface area contributed by atoms with Crippen molar-refractivity contribution >= 4 is 22.9 Å². The maximum Gasteiger partial charge on any atom is 0.435 e. The summed E-state index contributed by atoms with van der Waals surface area (Å²) < 4.78 is 39.2. The number of hydrogen-bond donors (Lipinski definition) is 1. The number of carbonyl (C=O) groups excluding carboxylic acids is 1. The van der Waals surface area contributed by atoms with Crippen LogP contribution in [0, 0.1) is 0 Å². The van der Waals surface area contributed by atoms with Crippen LogP contribution in [0.4, 0.5) is 13.2 Å². The summed E-state index contributed by atoms with van der Waals surface area (Å²) in [4.78, 5) is 16.5. The second-order valence-corrected chi connectivity index (χ2v) is 6.78. The first-order valence-corrected chi connectivity index (χ1v) is 9.42. The number of aromatic nitrogens is 3. The van der Waals surface area contributed by atoms with E-state index in [0.29, 0.717) is 5.69 Å². The van der Waals surface area contributed by atoms with Crippen LogP contribution in [0.5, 0.6) is 0 Å². The predicted molar refractivity (Wildman–Crippen MR) is 111 cm³/mol. The third-order valence-electron chi connectivity index (χ3n) is 4.63. The Hall–Kier alpha value is -3.94. The molecule has 4 rings (SSSR count). The molecule has 5 nitrogen and oxygen atoms in total. The summed E-state index contributed by atoms with van der Waals surface area (Å²) in [5.41, 5.74) is 2.01. The van der Waals surface area contributed by atoms with E-state index in [1.165, 1.54) is 12.3 Å². The number of para-hydroxylation sites is 1. The van der Waals surface area contributed by atoms with Gasteiger partial charge in [-0.05, 0) is 35.9 Å². The summed E-state index contributed by atoms with van der Waals surface area (Å²) in [6.45, 7) is 0.282. The van der Waals surface area contributed by atoms with E-state index in [2.05, 4.69) is 15.4 Å². The molecule has 31 heavy (non-hydrogen) atoms. The number of nitrogens with zero attached hydrogens (tertiary/aromatic N) is 3. The number of carbonyl (C=O) groups is 1. The highest BCUT2D eigenvalue weighted by molar-refractivity contribution is 5.95. The Morgan fingerprint density at radius 3 is 2.55 bits per heavy atom. The molecule has 0 spiro atoms. The molecule has 0 unspecified atom stereocenters. The maximum absolute atomic E-state index is 12.7. The van der Waals surface area contributed by atoms with Crippen molar-refractivity contribution in [1.82, 2.24) is 20.1 Å². The smallest absolute Gasteiger partial charge is 0.348 e. The van der Waals surface area contributed by atoms with Gasteiger partial charge in [-0.15, -0.1) is 0 Å². The molecule has 0 bridgehead atoms. The molecule has 4 aromatic rings. The summed E-state index contributed by atoms with van der Waals surface area (Å²) in [7, 11) is 0. The summed E-state index contributed by atoms with van der Waals surface area (Å²) in [5.74, 6) is -0.265. The number of halogens is 3. The molecule has 1 N–H and O–H groups in total. The highest BCUT2D eigenvalue weighted by Crippen LogP contribution is 2.27. The minimum atomic E-state index is -4.48. The van der Waals surface area contributed by atoms with E-state index in [-0.39, 0.29) is 12.5 Å². The molecule has 2 heterocycles. The maximum atomic E-state index is 12.7. The standard InChI is InChI=1S/C23H17F3N4O/c24-23(25,26)20-12-14-30(29-20)19-9-6-16(7-10-19)15-28-21(31)11-8-18-4-1-3-17-5-2-13-27-22(17)18/h1-14H,15H2,(H,28,31)/b11-8+. The molecule has 0 fully saturated rings. The largest absolute Gasteiger partial charge is 0.435 e. The average Bonchev–Trinajstić information content (AvgIpc) is 3.27. The van der Waals surface area contributed by atoms with Crippen molar-refractivity contribution in [1.29, 1.82) is 0 Å². The molecule has 0 aliphatic carbocycles. The van der Waals surface area contributed by atoms with Crippen molar-refractivity contribution in [2.45, 2.75) is 12.7 Å². The molecular formula is C23H17F3N4O. The first-order valence-electron chi connectivity index (χ1n) is 9.42. The Labute approximate surface area is 175 Å². The number of benzene rings is 2. The van der Waals surface area contributed by atoms with E-state index in [9.17, 15) is 18.0 Å². The van der Waals surface area contributed by atoms with E-state index >= 15 is 0 Å². The van der Waals surface area contributed by atoms with Gasteiger partial charge in [0.1, 0.15) is 0 Å². The minimum absolute atomic E-state index is 0.265. The Morgan fingerprint density at radius 2 is 1.81 bits per heavy atom. The van der Waals surface area contributed by atoms with Crippen LogP contribution >= 0.6 is 0 Å². The van der Waals surface area contributed by atoms with Crippen LogP contribution in [-0.2, 0) is 17.5 Å². The Bertz CT molecular complexity index is 1240. The van der Waals surface area contributed by atoms with E-state index in [1.807, 2.05) is 30.3 Å². The predicted octanol–water partition coefficient (Wildman–Crippen LogP) is 4.77. The van der Waals surface area contributed by atoms with E-state index in [1.54, 1.807) is 36.5 Å². The van der Waals surface area contributed by atoms with Gasteiger partial charge in [-0.3, -0.25) is 9.78 Å². The van der Waals surface area contributed by atoms with Crippen LogP contribution in [0.25, 0.3) is 22.7 Å². The lowest BCUT2D eigenvalue weighted by atomic mass is 10.1. The molecule has 0 atom stereocenters. The van der Waals surface area contributed by atoms with E-state index in [4.69, 9.17) is 0 Å². The second-order valence-electron chi connectivity index (χ2n) is 6.78. The number of fused-ring (bicyclic) bond motifs is 1. The van der Waals surface area contributed by atoms with Crippen LogP contribution in [0.15, 0.2) is 79.1 Å².